The number of aliphatic carboxylic acids is 1. The van der Waals surface area contributed by atoms with E-state index < -0.39 is 22.5 Å². The van der Waals surface area contributed by atoms with Crippen LogP contribution in [0.4, 0.5) is 0 Å². The normalized spacial score (nSPS) is 11.0. The van der Waals surface area contributed by atoms with E-state index in [1.54, 1.807) is 0 Å². The van der Waals surface area contributed by atoms with Crippen molar-refractivity contribution in [3.05, 3.63) is 18.2 Å². The summed E-state index contributed by atoms with van der Waals surface area (Å²) in [5, 5.41) is 8.80. The molecule has 0 aromatic heterocycles. The molecule has 7 nitrogen and oxygen atoms in total. The Morgan fingerprint density at radius 2 is 2.05 bits per heavy atom. The van der Waals surface area contributed by atoms with Crippen LogP contribution in [-0.4, -0.2) is 51.1 Å². The molecule has 0 aliphatic heterocycles. The summed E-state index contributed by atoms with van der Waals surface area (Å²) in [6.45, 7) is -1.09. The summed E-state index contributed by atoms with van der Waals surface area (Å²) < 4.78 is 35.7. The van der Waals surface area contributed by atoms with Crippen LogP contribution in [0.2, 0.25) is 0 Å². The zero-order valence-corrected chi connectivity index (χ0v) is 12.4. The number of hydrogen-bond donors (Lipinski definition) is 1. The number of terminal acetylenes is 1. The highest BCUT2D eigenvalue weighted by atomic mass is 32.2. The van der Waals surface area contributed by atoms with Gasteiger partial charge >= 0.3 is 5.97 Å². The number of carboxylic acids is 1. The second kappa shape index (κ2) is 6.97. The van der Waals surface area contributed by atoms with Crippen molar-refractivity contribution in [1.82, 2.24) is 4.31 Å². The highest BCUT2D eigenvalue weighted by Gasteiger charge is 2.29. The number of rotatable bonds is 7. The van der Waals surface area contributed by atoms with Gasteiger partial charge in [0.2, 0.25) is 10.0 Å². The van der Waals surface area contributed by atoms with E-state index >= 15 is 0 Å². The van der Waals surface area contributed by atoms with Gasteiger partial charge in [-0.15, -0.1) is 6.42 Å². The molecule has 0 amide bonds. The summed E-state index contributed by atoms with van der Waals surface area (Å²) in [7, 11) is -1.37. The molecule has 1 aromatic carbocycles. The van der Waals surface area contributed by atoms with Gasteiger partial charge in [0, 0.05) is 6.07 Å². The van der Waals surface area contributed by atoms with E-state index in [4.69, 9.17) is 21.0 Å². The Morgan fingerprint density at radius 1 is 1.38 bits per heavy atom. The maximum Gasteiger partial charge on any atom is 0.318 e. The van der Waals surface area contributed by atoms with Crippen LogP contribution in [0.1, 0.15) is 0 Å². The fraction of sp³-hybridized carbons (Fsp3) is 0.308. The van der Waals surface area contributed by atoms with E-state index in [-0.39, 0.29) is 17.2 Å². The van der Waals surface area contributed by atoms with Crippen LogP contribution >= 0.6 is 0 Å². The maximum absolute atomic E-state index is 12.5. The van der Waals surface area contributed by atoms with Crippen molar-refractivity contribution in [3.63, 3.8) is 0 Å². The first kappa shape index (κ1) is 16.8. The van der Waals surface area contributed by atoms with E-state index in [1.807, 2.05) is 0 Å². The fourth-order valence-electron chi connectivity index (χ4n) is 1.61. The molecule has 114 valence electrons. The molecule has 0 fully saturated rings. The van der Waals surface area contributed by atoms with Crippen molar-refractivity contribution >= 4 is 16.0 Å². The van der Waals surface area contributed by atoms with Crippen LogP contribution in [-0.2, 0) is 14.8 Å². The summed E-state index contributed by atoms with van der Waals surface area (Å²) in [6.07, 6.45) is 5.10. The van der Waals surface area contributed by atoms with Crippen LogP contribution in [0.3, 0.4) is 0 Å². The number of sulfonamides is 1. The number of carboxylic acid groups (broad SMARTS) is 1. The molecule has 0 heterocycles. The lowest BCUT2D eigenvalue weighted by molar-refractivity contribution is -0.137. The third kappa shape index (κ3) is 3.87. The lowest BCUT2D eigenvalue weighted by atomic mass is 10.3. The van der Waals surface area contributed by atoms with Gasteiger partial charge in [0.05, 0.1) is 20.8 Å². The van der Waals surface area contributed by atoms with Crippen molar-refractivity contribution in [2.45, 2.75) is 4.90 Å². The number of nitrogens with zero attached hydrogens (tertiary/aromatic N) is 1. The first-order valence-corrected chi connectivity index (χ1v) is 7.18. The molecule has 0 aliphatic rings. The SMILES string of the molecule is C#CCN(CC(=O)O)S(=O)(=O)c1ccc(OC)cc1OC. The Morgan fingerprint density at radius 3 is 2.52 bits per heavy atom. The van der Waals surface area contributed by atoms with Crippen molar-refractivity contribution in [2.24, 2.45) is 0 Å². The zero-order chi connectivity index (χ0) is 16.0. The smallest absolute Gasteiger partial charge is 0.318 e. The van der Waals surface area contributed by atoms with Crippen molar-refractivity contribution in [1.29, 1.82) is 0 Å². The molecule has 0 spiro atoms. The zero-order valence-electron chi connectivity index (χ0n) is 11.6. The van der Waals surface area contributed by atoms with Gasteiger partial charge in [-0.1, -0.05) is 5.92 Å². The average molecular weight is 313 g/mol. The second-order valence-electron chi connectivity index (χ2n) is 3.89. The van der Waals surface area contributed by atoms with Gasteiger partial charge in [0.25, 0.3) is 0 Å². The number of methoxy groups -OCH3 is 2. The lowest BCUT2D eigenvalue weighted by Crippen LogP contribution is -2.36. The van der Waals surface area contributed by atoms with Crippen LogP contribution < -0.4 is 9.47 Å². The van der Waals surface area contributed by atoms with Crippen molar-refractivity contribution < 1.29 is 27.8 Å². The molecule has 1 N–H and O–H groups in total. The third-order valence-corrected chi connectivity index (χ3v) is 4.40. The molecule has 0 radical (unpaired) electrons. The lowest BCUT2D eigenvalue weighted by Gasteiger charge is -2.19. The van der Waals surface area contributed by atoms with Crippen LogP contribution in [0.5, 0.6) is 11.5 Å². The summed E-state index contributed by atoms with van der Waals surface area (Å²) in [5.74, 6) is 1.28. The second-order valence-corrected chi connectivity index (χ2v) is 5.79. The van der Waals surface area contributed by atoms with Gasteiger partial charge in [-0.2, -0.15) is 4.31 Å². The molecule has 0 saturated heterocycles. The Balaban J connectivity index is 3.34. The molecule has 0 unspecified atom stereocenters. The standard InChI is InChI=1S/C13H15NO6S/c1-4-7-14(9-13(15)16)21(17,18)12-6-5-10(19-2)8-11(12)20-3/h1,5-6,8H,7,9H2,2-3H3,(H,15,16). The third-order valence-electron chi connectivity index (χ3n) is 2.57. The molecule has 0 atom stereocenters. The minimum absolute atomic E-state index is 0.0433. The summed E-state index contributed by atoms with van der Waals surface area (Å²) >= 11 is 0. The first-order chi connectivity index (χ1) is 9.86. The summed E-state index contributed by atoms with van der Waals surface area (Å²) in [4.78, 5) is 10.6. The Labute approximate surface area is 123 Å². The topological polar surface area (TPSA) is 93.1 Å². The van der Waals surface area contributed by atoms with Crippen molar-refractivity contribution in [2.75, 3.05) is 27.3 Å². The predicted molar refractivity (Wildman–Crippen MR) is 74.8 cm³/mol. The highest BCUT2D eigenvalue weighted by Crippen LogP contribution is 2.30. The largest absolute Gasteiger partial charge is 0.497 e. The summed E-state index contributed by atoms with van der Waals surface area (Å²) in [6, 6.07) is 4.10. The van der Waals surface area contributed by atoms with Gasteiger partial charge < -0.3 is 14.6 Å². The molecule has 0 saturated carbocycles. The monoisotopic (exact) mass is 313 g/mol. The van der Waals surface area contributed by atoms with Crippen molar-refractivity contribution in [3.8, 4) is 23.8 Å². The van der Waals surface area contributed by atoms with Gasteiger partial charge in [0.15, 0.2) is 0 Å². The van der Waals surface area contributed by atoms with Gasteiger partial charge in [0.1, 0.15) is 22.9 Å². The van der Waals surface area contributed by atoms with E-state index in [9.17, 15) is 13.2 Å². The predicted octanol–water partition coefficient (Wildman–Crippen LogP) is 0.412. The molecular formula is C13H15NO6S. The van der Waals surface area contributed by atoms with E-state index in [2.05, 4.69) is 5.92 Å². The van der Waals surface area contributed by atoms with Gasteiger partial charge in [-0.3, -0.25) is 4.79 Å². The number of carbonyl (C=O) groups is 1. The Hall–Kier alpha value is -2.24. The number of ether oxygens (including phenoxy) is 2. The number of hydrogen-bond acceptors (Lipinski definition) is 5. The quantitative estimate of drug-likeness (QED) is 0.733. The molecule has 0 bridgehead atoms. The maximum atomic E-state index is 12.5. The fourth-order valence-corrected chi connectivity index (χ4v) is 3.05. The molecule has 21 heavy (non-hydrogen) atoms. The molecule has 0 aliphatic carbocycles. The van der Waals surface area contributed by atoms with E-state index in [1.165, 1.54) is 32.4 Å². The highest BCUT2D eigenvalue weighted by molar-refractivity contribution is 7.89. The Bertz CT molecular complexity index is 662. The molecular weight excluding hydrogens is 298 g/mol. The van der Waals surface area contributed by atoms with Gasteiger partial charge in [-0.25, -0.2) is 8.42 Å². The average Bonchev–Trinajstić information content (AvgIpc) is 2.45. The molecule has 1 aromatic rings. The van der Waals surface area contributed by atoms with E-state index in [0.717, 1.165) is 0 Å². The van der Waals surface area contributed by atoms with Crippen LogP contribution in [0.25, 0.3) is 0 Å². The Kier molecular flexibility index (Phi) is 5.58. The van der Waals surface area contributed by atoms with E-state index in [0.29, 0.717) is 10.1 Å². The molecule has 1 rings (SSSR count). The van der Waals surface area contributed by atoms with Crippen LogP contribution in [0, 0.1) is 12.3 Å². The van der Waals surface area contributed by atoms with Gasteiger partial charge in [-0.05, 0) is 12.1 Å². The van der Waals surface area contributed by atoms with Crippen LogP contribution in [0.15, 0.2) is 23.1 Å². The molecule has 8 heteroatoms. The minimum atomic E-state index is -4.10. The number of benzene rings is 1. The summed E-state index contributed by atoms with van der Waals surface area (Å²) in [5.41, 5.74) is 0. The first-order valence-electron chi connectivity index (χ1n) is 5.74. The minimum Gasteiger partial charge on any atom is -0.497 e.